The Morgan fingerprint density at radius 1 is 1.25 bits per heavy atom. The van der Waals surface area contributed by atoms with Crippen molar-refractivity contribution in [3.05, 3.63) is 11.3 Å². The van der Waals surface area contributed by atoms with Crippen molar-refractivity contribution in [1.29, 1.82) is 0 Å². The number of methoxy groups -OCH3 is 1. The highest BCUT2D eigenvalue weighted by Gasteiger charge is 2.37. The molecule has 1 aliphatic carbocycles. The molecule has 0 aromatic carbocycles. The minimum atomic E-state index is 0.108. The van der Waals surface area contributed by atoms with E-state index in [4.69, 9.17) is 4.74 Å². The number of nitrogens with zero attached hydrogens (tertiary/aromatic N) is 2. The Morgan fingerprint density at radius 2 is 2.00 bits per heavy atom. The standard InChI is InChI=1S/C16H28N2O2/c1-5-6-18-12-17(7-8-20-4)11-13-14(18)9-16(2,3)10-15(13)19/h5-12H2,1-4H3. The smallest absolute Gasteiger partial charge is 0.162 e. The van der Waals surface area contributed by atoms with Gasteiger partial charge in [-0.25, -0.2) is 0 Å². The van der Waals surface area contributed by atoms with Gasteiger partial charge in [0.25, 0.3) is 0 Å². The highest BCUT2D eigenvalue weighted by atomic mass is 16.5. The van der Waals surface area contributed by atoms with E-state index in [-0.39, 0.29) is 5.41 Å². The van der Waals surface area contributed by atoms with Crippen molar-refractivity contribution in [2.45, 2.75) is 40.0 Å². The van der Waals surface area contributed by atoms with E-state index in [9.17, 15) is 4.79 Å². The lowest BCUT2D eigenvalue weighted by molar-refractivity contribution is -0.119. The molecule has 0 fully saturated rings. The number of carbonyl (C=O) groups is 1. The van der Waals surface area contributed by atoms with Crippen LogP contribution in [0.15, 0.2) is 11.3 Å². The molecular weight excluding hydrogens is 252 g/mol. The number of ether oxygens (including phenoxy) is 1. The molecule has 1 heterocycles. The van der Waals surface area contributed by atoms with Crippen molar-refractivity contribution in [1.82, 2.24) is 9.80 Å². The number of ketones is 1. The van der Waals surface area contributed by atoms with E-state index in [1.54, 1.807) is 7.11 Å². The first-order valence-electron chi connectivity index (χ1n) is 7.68. The molecule has 0 saturated heterocycles. The van der Waals surface area contributed by atoms with Crippen LogP contribution in [0.3, 0.4) is 0 Å². The summed E-state index contributed by atoms with van der Waals surface area (Å²) in [6, 6.07) is 0. The fourth-order valence-electron chi connectivity index (χ4n) is 3.25. The molecule has 0 saturated carbocycles. The van der Waals surface area contributed by atoms with Crippen molar-refractivity contribution in [3.63, 3.8) is 0 Å². The maximum absolute atomic E-state index is 12.5. The van der Waals surface area contributed by atoms with Gasteiger partial charge in [-0.3, -0.25) is 9.69 Å². The average Bonchev–Trinajstić information content (AvgIpc) is 2.37. The van der Waals surface area contributed by atoms with Crippen LogP contribution in [-0.2, 0) is 9.53 Å². The van der Waals surface area contributed by atoms with E-state index >= 15 is 0 Å². The molecule has 0 unspecified atom stereocenters. The molecule has 2 rings (SSSR count). The molecule has 0 amide bonds. The Morgan fingerprint density at radius 3 is 2.65 bits per heavy atom. The summed E-state index contributed by atoms with van der Waals surface area (Å²) >= 11 is 0. The summed E-state index contributed by atoms with van der Waals surface area (Å²) in [5, 5.41) is 0. The van der Waals surface area contributed by atoms with Gasteiger partial charge < -0.3 is 9.64 Å². The molecular formula is C16H28N2O2. The van der Waals surface area contributed by atoms with Crippen LogP contribution >= 0.6 is 0 Å². The first kappa shape index (κ1) is 15.5. The highest BCUT2D eigenvalue weighted by Crippen LogP contribution is 2.40. The zero-order valence-electron chi connectivity index (χ0n) is 13.4. The van der Waals surface area contributed by atoms with Crippen LogP contribution in [0.1, 0.15) is 40.0 Å². The second kappa shape index (κ2) is 6.27. The van der Waals surface area contributed by atoms with Crippen LogP contribution in [0.2, 0.25) is 0 Å². The number of hydrogen-bond donors (Lipinski definition) is 0. The van der Waals surface area contributed by atoms with Gasteiger partial charge in [0, 0.05) is 44.4 Å². The summed E-state index contributed by atoms with van der Waals surface area (Å²) in [6.45, 7) is 11.0. The monoisotopic (exact) mass is 280 g/mol. The van der Waals surface area contributed by atoms with Gasteiger partial charge in [-0.1, -0.05) is 20.8 Å². The minimum Gasteiger partial charge on any atom is -0.383 e. The van der Waals surface area contributed by atoms with Gasteiger partial charge in [-0.2, -0.15) is 0 Å². The second-order valence-electron chi connectivity index (χ2n) is 6.82. The molecule has 0 N–H and O–H groups in total. The van der Waals surface area contributed by atoms with Crippen molar-refractivity contribution >= 4 is 5.78 Å². The molecule has 20 heavy (non-hydrogen) atoms. The summed E-state index contributed by atoms with van der Waals surface area (Å²) in [5.74, 6) is 0.347. The van der Waals surface area contributed by atoms with Gasteiger partial charge in [0.15, 0.2) is 5.78 Å². The van der Waals surface area contributed by atoms with Gasteiger partial charge in [-0.05, 0) is 18.3 Å². The lowest BCUT2D eigenvalue weighted by atomic mass is 9.75. The van der Waals surface area contributed by atoms with E-state index in [1.807, 2.05) is 0 Å². The summed E-state index contributed by atoms with van der Waals surface area (Å²) in [4.78, 5) is 17.2. The van der Waals surface area contributed by atoms with Crippen molar-refractivity contribution in [2.75, 3.05) is 40.0 Å². The Labute approximate surface area is 122 Å². The quantitative estimate of drug-likeness (QED) is 0.773. The van der Waals surface area contributed by atoms with Gasteiger partial charge >= 0.3 is 0 Å². The summed E-state index contributed by atoms with van der Waals surface area (Å²) in [5.41, 5.74) is 2.47. The first-order chi connectivity index (χ1) is 9.46. The first-order valence-corrected chi connectivity index (χ1v) is 7.68. The molecule has 0 radical (unpaired) electrons. The van der Waals surface area contributed by atoms with Crippen LogP contribution in [0.4, 0.5) is 0 Å². The average molecular weight is 280 g/mol. The molecule has 0 aromatic rings. The Kier molecular flexibility index (Phi) is 4.86. The molecule has 0 spiro atoms. The Balaban J connectivity index is 2.21. The highest BCUT2D eigenvalue weighted by molar-refractivity contribution is 5.98. The number of carbonyl (C=O) groups excluding carboxylic acids is 1. The number of rotatable bonds is 5. The second-order valence-corrected chi connectivity index (χ2v) is 6.82. The van der Waals surface area contributed by atoms with Gasteiger partial charge in [-0.15, -0.1) is 0 Å². The van der Waals surface area contributed by atoms with E-state index in [0.717, 1.165) is 51.3 Å². The van der Waals surface area contributed by atoms with E-state index in [0.29, 0.717) is 12.2 Å². The van der Waals surface area contributed by atoms with Gasteiger partial charge in [0.2, 0.25) is 0 Å². The number of Topliss-reactive ketones (excluding diaryl/α,β-unsaturated/α-hetero) is 1. The van der Waals surface area contributed by atoms with Crippen molar-refractivity contribution in [2.24, 2.45) is 5.41 Å². The fraction of sp³-hybridized carbons (Fsp3) is 0.812. The SMILES string of the molecule is CCCN1CN(CCOC)CC2=C1CC(C)(C)CC2=O. The topological polar surface area (TPSA) is 32.8 Å². The predicted molar refractivity (Wildman–Crippen MR) is 80.4 cm³/mol. The van der Waals surface area contributed by atoms with Crippen LogP contribution in [-0.4, -0.2) is 55.6 Å². The largest absolute Gasteiger partial charge is 0.383 e. The van der Waals surface area contributed by atoms with Crippen molar-refractivity contribution in [3.8, 4) is 0 Å². The summed E-state index contributed by atoms with van der Waals surface area (Å²) < 4.78 is 5.17. The molecule has 0 atom stereocenters. The van der Waals surface area contributed by atoms with Crippen LogP contribution in [0.25, 0.3) is 0 Å². The lowest BCUT2D eigenvalue weighted by Crippen LogP contribution is -2.49. The zero-order chi connectivity index (χ0) is 14.8. The zero-order valence-corrected chi connectivity index (χ0v) is 13.4. The molecule has 2 aliphatic rings. The van der Waals surface area contributed by atoms with Crippen LogP contribution in [0, 0.1) is 5.41 Å². The lowest BCUT2D eigenvalue weighted by Gasteiger charge is -2.45. The Bertz CT molecular complexity index is 401. The van der Waals surface area contributed by atoms with E-state index < -0.39 is 0 Å². The molecule has 1 aliphatic heterocycles. The third kappa shape index (κ3) is 3.41. The summed E-state index contributed by atoms with van der Waals surface area (Å²) in [6.07, 6.45) is 2.83. The van der Waals surface area contributed by atoms with Crippen LogP contribution < -0.4 is 0 Å². The normalized spacial score (nSPS) is 23.2. The maximum atomic E-state index is 12.5. The van der Waals surface area contributed by atoms with E-state index in [1.165, 1.54) is 5.70 Å². The molecule has 0 aromatic heterocycles. The van der Waals surface area contributed by atoms with Crippen molar-refractivity contribution < 1.29 is 9.53 Å². The third-order valence-corrected chi connectivity index (χ3v) is 4.21. The van der Waals surface area contributed by atoms with Gasteiger partial charge in [0.1, 0.15) is 0 Å². The molecule has 4 heteroatoms. The minimum absolute atomic E-state index is 0.108. The summed E-state index contributed by atoms with van der Waals surface area (Å²) in [7, 11) is 1.73. The van der Waals surface area contributed by atoms with Crippen LogP contribution in [0.5, 0.6) is 0 Å². The molecule has 0 bridgehead atoms. The molecule has 4 nitrogen and oxygen atoms in total. The van der Waals surface area contributed by atoms with Gasteiger partial charge in [0.05, 0.1) is 13.3 Å². The fourth-order valence-corrected chi connectivity index (χ4v) is 3.25. The third-order valence-electron chi connectivity index (χ3n) is 4.21. The Hall–Kier alpha value is -0.870. The van der Waals surface area contributed by atoms with E-state index in [2.05, 4.69) is 30.6 Å². The molecule has 114 valence electrons. The number of allylic oxidation sites excluding steroid dienone is 1. The maximum Gasteiger partial charge on any atom is 0.162 e. The number of hydrogen-bond acceptors (Lipinski definition) is 4. The predicted octanol–water partition coefficient (Wildman–Crippen LogP) is 2.26.